The van der Waals surface area contributed by atoms with E-state index in [0.717, 1.165) is 16.7 Å². The van der Waals surface area contributed by atoms with E-state index >= 15 is 0 Å². The number of H-pyrrole nitrogens is 1. The van der Waals surface area contributed by atoms with Crippen LogP contribution in [0.4, 0.5) is 0 Å². The molecule has 1 fully saturated rings. The number of nitrogens with one attached hydrogen (secondary N) is 1. The van der Waals surface area contributed by atoms with Gasteiger partial charge in [0.2, 0.25) is 0 Å². The molecule has 0 saturated carbocycles. The molecule has 1 aliphatic heterocycles. The Morgan fingerprint density at radius 3 is 2.71 bits per heavy atom. The van der Waals surface area contributed by atoms with Crippen molar-refractivity contribution in [2.75, 3.05) is 19.6 Å². The molecule has 0 spiro atoms. The van der Waals surface area contributed by atoms with Gasteiger partial charge in [0.1, 0.15) is 5.69 Å². The highest BCUT2D eigenvalue weighted by atomic mass is 127. The van der Waals surface area contributed by atoms with Crippen molar-refractivity contribution in [1.82, 2.24) is 9.88 Å². The predicted octanol–water partition coefficient (Wildman–Crippen LogP) is 2.43. The van der Waals surface area contributed by atoms with Crippen LogP contribution in [-0.4, -0.2) is 35.4 Å². The van der Waals surface area contributed by atoms with E-state index in [1.807, 2.05) is 35.4 Å². The second-order valence-corrected chi connectivity index (χ2v) is 6.70. The molecule has 0 aliphatic carbocycles. The average molecular weight is 395 g/mol. The third-order valence-corrected chi connectivity index (χ3v) is 4.76. The van der Waals surface area contributed by atoms with Crippen molar-refractivity contribution in [2.24, 2.45) is 11.7 Å². The lowest BCUT2D eigenvalue weighted by Gasteiger charge is -2.16. The van der Waals surface area contributed by atoms with E-state index in [2.05, 4.69) is 39.7 Å². The summed E-state index contributed by atoms with van der Waals surface area (Å²) in [4.78, 5) is 17.5. The third-order valence-electron chi connectivity index (χ3n) is 4.14. The van der Waals surface area contributed by atoms with Gasteiger partial charge in [-0.25, -0.2) is 0 Å². The second-order valence-electron chi connectivity index (χ2n) is 5.45. The number of hydrogen-bond donors (Lipinski definition) is 2. The number of rotatable bonds is 3. The summed E-state index contributed by atoms with van der Waals surface area (Å²) in [6.07, 6.45) is 1.85. The number of aromatic amines is 1. The van der Waals surface area contributed by atoms with E-state index in [1.165, 1.54) is 5.56 Å². The number of amides is 1. The molecule has 1 saturated heterocycles. The topological polar surface area (TPSA) is 62.1 Å². The summed E-state index contributed by atoms with van der Waals surface area (Å²) in [5.41, 5.74) is 7.84. The molecule has 1 amide bonds. The summed E-state index contributed by atoms with van der Waals surface area (Å²) in [5.74, 6) is 0.717. The van der Waals surface area contributed by atoms with Gasteiger partial charge >= 0.3 is 0 Å². The van der Waals surface area contributed by atoms with Crippen LogP contribution < -0.4 is 5.73 Å². The molecule has 1 aliphatic rings. The van der Waals surface area contributed by atoms with Gasteiger partial charge in [0.15, 0.2) is 0 Å². The number of carbonyl (C=O) groups excluding carboxylic acids is 1. The fourth-order valence-corrected chi connectivity index (χ4v) is 3.48. The molecule has 2 heterocycles. The Hall–Kier alpha value is -1.34. The molecule has 5 heteroatoms. The van der Waals surface area contributed by atoms with E-state index in [1.54, 1.807) is 0 Å². The minimum Gasteiger partial charge on any atom is -0.356 e. The number of carbonyl (C=O) groups is 1. The Morgan fingerprint density at radius 2 is 2.10 bits per heavy atom. The Morgan fingerprint density at radius 1 is 1.33 bits per heavy atom. The van der Waals surface area contributed by atoms with Crippen molar-refractivity contribution >= 4 is 28.5 Å². The molecule has 2 aromatic rings. The minimum atomic E-state index is 0.0646. The average Bonchev–Trinajstić information content (AvgIpc) is 3.13. The first kappa shape index (κ1) is 14.6. The monoisotopic (exact) mass is 395 g/mol. The fourth-order valence-electron chi connectivity index (χ4n) is 3.02. The highest BCUT2D eigenvalue weighted by molar-refractivity contribution is 14.1. The first-order valence-corrected chi connectivity index (χ1v) is 8.15. The van der Waals surface area contributed by atoms with E-state index in [9.17, 15) is 4.79 Å². The van der Waals surface area contributed by atoms with Gasteiger partial charge in [-0.05, 0) is 46.7 Å². The van der Waals surface area contributed by atoms with Gasteiger partial charge in [0.05, 0.1) is 0 Å². The van der Waals surface area contributed by atoms with Gasteiger partial charge in [-0.1, -0.05) is 30.3 Å². The maximum absolute atomic E-state index is 12.5. The van der Waals surface area contributed by atoms with Crippen molar-refractivity contribution in [1.29, 1.82) is 0 Å². The molecule has 0 radical (unpaired) electrons. The van der Waals surface area contributed by atoms with Crippen LogP contribution in [0.2, 0.25) is 0 Å². The van der Waals surface area contributed by atoms with Crippen molar-refractivity contribution in [3.8, 4) is 0 Å². The molecule has 1 aromatic heterocycles. The summed E-state index contributed by atoms with van der Waals surface area (Å²) in [5, 5.41) is 0. The standard InChI is InChI=1S/C16H18IN3O/c17-13-6-15(19-8-13)16(21)20-9-12(7-18)14(10-20)11-4-2-1-3-5-11/h1-6,8,12,14,19H,7,9-10,18H2/t12-,14+/m1/s1. The number of hydrogen-bond acceptors (Lipinski definition) is 2. The Kier molecular flexibility index (Phi) is 4.30. The van der Waals surface area contributed by atoms with E-state index < -0.39 is 0 Å². The number of benzene rings is 1. The molecule has 0 unspecified atom stereocenters. The molecule has 2 atom stereocenters. The highest BCUT2D eigenvalue weighted by Crippen LogP contribution is 2.32. The molecule has 3 rings (SSSR count). The van der Waals surface area contributed by atoms with Gasteiger partial charge in [-0.2, -0.15) is 0 Å². The first-order valence-electron chi connectivity index (χ1n) is 7.07. The normalized spacial score (nSPS) is 21.7. The zero-order valence-corrected chi connectivity index (χ0v) is 13.8. The molecule has 3 N–H and O–H groups in total. The fraction of sp³-hybridized carbons (Fsp3) is 0.312. The zero-order chi connectivity index (χ0) is 14.8. The predicted molar refractivity (Wildman–Crippen MR) is 91.1 cm³/mol. The van der Waals surface area contributed by atoms with E-state index in [0.29, 0.717) is 24.1 Å². The lowest BCUT2D eigenvalue weighted by Crippen LogP contribution is -2.30. The first-order chi connectivity index (χ1) is 10.2. The maximum atomic E-state index is 12.5. The van der Waals surface area contributed by atoms with Crippen LogP contribution in [0.5, 0.6) is 0 Å². The number of nitrogens with two attached hydrogens (primary N) is 1. The Bertz CT molecular complexity index is 625. The van der Waals surface area contributed by atoms with Crippen LogP contribution in [0.3, 0.4) is 0 Å². The van der Waals surface area contributed by atoms with Crippen molar-refractivity contribution < 1.29 is 4.79 Å². The number of aromatic nitrogens is 1. The summed E-state index contributed by atoms with van der Waals surface area (Å²) < 4.78 is 1.05. The van der Waals surface area contributed by atoms with Gasteiger partial charge in [-0.15, -0.1) is 0 Å². The number of halogens is 1. The number of nitrogens with zero attached hydrogens (tertiary/aromatic N) is 1. The van der Waals surface area contributed by atoms with Gasteiger partial charge < -0.3 is 15.6 Å². The third kappa shape index (κ3) is 2.98. The Labute approximate surface area is 137 Å². The summed E-state index contributed by atoms with van der Waals surface area (Å²) >= 11 is 2.20. The quantitative estimate of drug-likeness (QED) is 0.785. The van der Waals surface area contributed by atoms with E-state index in [4.69, 9.17) is 5.73 Å². The van der Waals surface area contributed by atoms with Gasteiger partial charge in [0, 0.05) is 28.8 Å². The molecule has 4 nitrogen and oxygen atoms in total. The lowest BCUT2D eigenvalue weighted by molar-refractivity contribution is 0.0781. The summed E-state index contributed by atoms with van der Waals surface area (Å²) in [6, 6.07) is 12.2. The molecule has 1 aromatic carbocycles. The van der Waals surface area contributed by atoms with Crippen molar-refractivity contribution in [3.63, 3.8) is 0 Å². The molecule has 21 heavy (non-hydrogen) atoms. The summed E-state index contributed by atoms with van der Waals surface area (Å²) in [7, 11) is 0. The molecular weight excluding hydrogens is 377 g/mol. The van der Waals surface area contributed by atoms with Crippen LogP contribution in [0.25, 0.3) is 0 Å². The molecule has 0 bridgehead atoms. The van der Waals surface area contributed by atoms with Crippen LogP contribution in [0, 0.1) is 9.49 Å². The van der Waals surface area contributed by atoms with E-state index in [-0.39, 0.29) is 5.91 Å². The van der Waals surface area contributed by atoms with Crippen LogP contribution >= 0.6 is 22.6 Å². The minimum absolute atomic E-state index is 0.0646. The van der Waals surface area contributed by atoms with Crippen LogP contribution in [-0.2, 0) is 0 Å². The smallest absolute Gasteiger partial charge is 0.270 e. The Balaban J connectivity index is 1.79. The van der Waals surface area contributed by atoms with Gasteiger partial charge in [0.25, 0.3) is 5.91 Å². The van der Waals surface area contributed by atoms with Crippen LogP contribution in [0.15, 0.2) is 42.6 Å². The maximum Gasteiger partial charge on any atom is 0.270 e. The molecule has 110 valence electrons. The largest absolute Gasteiger partial charge is 0.356 e. The summed E-state index contributed by atoms with van der Waals surface area (Å²) in [6.45, 7) is 2.07. The number of likely N-dealkylation sites (tertiary alicyclic amines) is 1. The second kappa shape index (κ2) is 6.19. The zero-order valence-electron chi connectivity index (χ0n) is 11.6. The highest BCUT2D eigenvalue weighted by Gasteiger charge is 2.35. The van der Waals surface area contributed by atoms with Crippen molar-refractivity contribution in [2.45, 2.75) is 5.92 Å². The van der Waals surface area contributed by atoms with Gasteiger partial charge in [-0.3, -0.25) is 4.79 Å². The molecular formula is C16H18IN3O. The lowest BCUT2D eigenvalue weighted by atomic mass is 9.89. The SMILES string of the molecule is NC[C@@H]1CN(C(=O)c2cc(I)c[nH]2)C[C@H]1c1ccccc1. The van der Waals surface area contributed by atoms with Crippen molar-refractivity contribution in [3.05, 3.63) is 57.4 Å². The van der Waals surface area contributed by atoms with Crippen LogP contribution in [0.1, 0.15) is 22.0 Å².